The zero-order valence-electron chi connectivity index (χ0n) is 16.8. The number of hydrogen-bond acceptors (Lipinski definition) is 1. The van der Waals surface area contributed by atoms with E-state index < -0.39 is 38.7 Å². The Hall–Kier alpha value is 7.79. The van der Waals surface area contributed by atoms with Gasteiger partial charge in [0.1, 0.15) is 0 Å². The van der Waals surface area contributed by atoms with Crippen molar-refractivity contribution in [2.75, 3.05) is 7.11 Å². The van der Waals surface area contributed by atoms with Gasteiger partial charge in [-0.2, -0.15) is 0 Å². The van der Waals surface area contributed by atoms with E-state index in [9.17, 15) is 0 Å². The molecule has 0 spiro atoms. The van der Waals surface area contributed by atoms with Crippen LogP contribution in [0.2, 0.25) is 0 Å². The summed E-state index contributed by atoms with van der Waals surface area (Å²) in [5.41, 5.74) is 0. The zero-order valence-corrected chi connectivity index (χ0v) is 37.3. The zero-order chi connectivity index (χ0) is 34.2. The molecule has 0 amide bonds. The van der Waals surface area contributed by atoms with Crippen molar-refractivity contribution in [2.24, 2.45) is 0 Å². The van der Waals surface area contributed by atoms with Gasteiger partial charge >= 0.3 is 0 Å². The molecule has 38 heavy (non-hydrogen) atoms. The SMILES string of the molecule is CO.ClC(Cl)Cl.ClC(Cl)Cl.ClC(Cl)Cl.ClC(Cl)Cl.ClC(Cl)Cl.ClC(Cl)Cl.ClC(Cl)Cl.ClC(Cl)Cl.ClC(Cl)Cl. The summed E-state index contributed by atoms with van der Waals surface area (Å²) in [6, 6.07) is 0. The van der Waals surface area contributed by atoms with Gasteiger partial charge in [0.15, 0.2) is 38.7 Å². The molecule has 0 aliphatic carbocycles. The van der Waals surface area contributed by atoms with Gasteiger partial charge in [-0.05, 0) is 0 Å². The molecular weight excluding hydrogens is 1090 g/mol. The molecular formula is C10H13Cl27O. The number of hydrogen-bond donors (Lipinski definition) is 1. The quantitative estimate of drug-likeness (QED) is 0.240. The van der Waals surface area contributed by atoms with Gasteiger partial charge in [-0.15, -0.1) is 0 Å². The molecule has 0 aromatic heterocycles. The molecule has 0 heterocycles. The Balaban J connectivity index is -0.0000000288. The molecule has 0 saturated carbocycles. The molecule has 0 radical (unpaired) electrons. The lowest BCUT2D eigenvalue weighted by molar-refractivity contribution is 0.399. The highest BCUT2D eigenvalue weighted by Crippen LogP contribution is 2.06. The second kappa shape index (κ2) is 71.0. The first-order valence-electron chi connectivity index (χ1n) is 6.34. The van der Waals surface area contributed by atoms with Gasteiger partial charge in [0.2, 0.25) is 0 Å². The van der Waals surface area contributed by atoms with Crippen molar-refractivity contribution in [1.82, 2.24) is 0 Å². The molecule has 0 atom stereocenters. The van der Waals surface area contributed by atoms with Crippen molar-refractivity contribution in [3.8, 4) is 0 Å². The molecule has 0 aromatic rings. The van der Waals surface area contributed by atoms with Gasteiger partial charge in [-0.3, -0.25) is 0 Å². The highest BCUT2D eigenvalue weighted by molar-refractivity contribution is 6.66. The molecule has 0 unspecified atom stereocenters. The van der Waals surface area contributed by atoms with Crippen LogP contribution >= 0.6 is 313 Å². The third-order valence-electron chi connectivity index (χ3n) is 0. The maximum atomic E-state index is 7.00. The van der Waals surface area contributed by atoms with Gasteiger partial charge in [0.05, 0.1) is 0 Å². The highest BCUT2D eigenvalue weighted by atomic mass is 35.6. The van der Waals surface area contributed by atoms with Crippen molar-refractivity contribution in [1.29, 1.82) is 0 Å². The van der Waals surface area contributed by atoms with Crippen LogP contribution in [0, 0.1) is 0 Å². The van der Waals surface area contributed by atoms with Gasteiger partial charge < -0.3 is 5.11 Å². The van der Waals surface area contributed by atoms with E-state index in [1.165, 1.54) is 0 Å². The lowest BCUT2D eigenvalue weighted by atomic mass is 11.8. The first-order valence-corrected chi connectivity index (χ1v) is 18.1. The fourth-order valence-electron chi connectivity index (χ4n) is 0. The van der Waals surface area contributed by atoms with E-state index in [-0.39, 0.29) is 0 Å². The molecule has 1 N–H and O–H groups in total. The van der Waals surface area contributed by atoms with Crippen LogP contribution in [0.5, 0.6) is 0 Å². The molecule has 0 aromatic carbocycles. The summed E-state index contributed by atoms with van der Waals surface area (Å²) in [6.07, 6.45) is 0. The lowest BCUT2D eigenvalue weighted by Gasteiger charge is -1.69. The van der Waals surface area contributed by atoms with E-state index >= 15 is 0 Å². The molecule has 0 bridgehead atoms. The monoisotopic (exact) mass is 1090 g/mol. The summed E-state index contributed by atoms with van der Waals surface area (Å²) < 4.78 is -6.75. The Morgan fingerprint density at radius 3 is 0.184 bits per heavy atom. The third kappa shape index (κ3) is 1320. The van der Waals surface area contributed by atoms with E-state index in [4.69, 9.17) is 318 Å². The highest BCUT2D eigenvalue weighted by Gasteiger charge is 1.81. The average molecular weight is 1110 g/mol. The molecule has 28 heteroatoms. The van der Waals surface area contributed by atoms with Crippen LogP contribution < -0.4 is 0 Å². The summed E-state index contributed by atoms with van der Waals surface area (Å²) >= 11 is 130. The Labute approximate surface area is 358 Å². The van der Waals surface area contributed by atoms with Gasteiger partial charge in [0, 0.05) is 7.11 Å². The van der Waals surface area contributed by atoms with Crippen LogP contribution in [0.4, 0.5) is 0 Å². The normalized spacial score (nSPS) is 8.68. The van der Waals surface area contributed by atoms with E-state index in [2.05, 4.69) is 0 Å². The molecule has 0 rings (SSSR count). The molecule has 0 aliphatic rings. The maximum Gasteiger partial charge on any atom is 0.180 e. The van der Waals surface area contributed by atoms with E-state index in [0.29, 0.717) is 0 Å². The summed E-state index contributed by atoms with van der Waals surface area (Å²) in [5.74, 6) is 0. The van der Waals surface area contributed by atoms with Crippen LogP contribution in [-0.4, -0.2) is 50.9 Å². The van der Waals surface area contributed by atoms with Crippen molar-refractivity contribution in [3.63, 3.8) is 0 Å². The first-order chi connectivity index (χ1) is 16.6. The third-order valence-corrected chi connectivity index (χ3v) is 0. The Morgan fingerprint density at radius 2 is 0.184 bits per heavy atom. The average Bonchev–Trinajstić information content (AvgIpc) is 2.50. The Kier molecular flexibility index (Phi) is 134. The number of alkyl halides is 27. The molecule has 248 valence electrons. The van der Waals surface area contributed by atoms with Crippen molar-refractivity contribution < 1.29 is 5.11 Å². The number of aliphatic hydroxyl groups is 1. The summed E-state index contributed by atoms with van der Waals surface area (Å²) in [5, 5.41) is 7.00. The van der Waals surface area contributed by atoms with Gasteiger partial charge in [0.25, 0.3) is 0 Å². The van der Waals surface area contributed by atoms with Crippen LogP contribution in [0.1, 0.15) is 0 Å². The van der Waals surface area contributed by atoms with Crippen molar-refractivity contribution >= 4 is 313 Å². The second-order valence-electron chi connectivity index (χ2n) is 2.23. The predicted octanol–water partition coefficient (Wildman–Crippen LogP) is 17.5. The first kappa shape index (κ1) is 71.7. The summed E-state index contributed by atoms with van der Waals surface area (Å²) in [6.45, 7) is 0. The number of halogens is 27. The van der Waals surface area contributed by atoms with Gasteiger partial charge in [-0.25, -0.2) is 0 Å². The number of aliphatic hydroxyl groups excluding tert-OH is 1. The van der Waals surface area contributed by atoms with Gasteiger partial charge in [-0.1, -0.05) is 313 Å². The van der Waals surface area contributed by atoms with Crippen LogP contribution in [0.25, 0.3) is 0 Å². The smallest absolute Gasteiger partial charge is 0.180 e. The maximum absolute atomic E-state index is 7.00. The number of rotatable bonds is 0. The van der Waals surface area contributed by atoms with Crippen LogP contribution in [-0.2, 0) is 0 Å². The van der Waals surface area contributed by atoms with E-state index in [1.807, 2.05) is 0 Å². The Morgan fingerprint density at radius 1 is 0.184 bits per heavy atom. The minimum absolute atomic E-state index is 0.750. The fourth-order valence-corrected chi connectivity index (χ4v) is 0. The molecule has 0 aliphatic heterocycles. The minimum atomic E-state index is -0.750. The largest absolute Gasteiger partial charge is 0.400 e. The minimum Gasteiger partial charge on any atom is -0.400 e. The van der Waals surface area contributed by atoms with Crippen molar-refractivity contribution in [3.05, 3.63) is 0 Å². The van der Waals surface area contributed by atoms with Crippen LogP contribution in [0.15, 0.2) is 0 Å². The fraction of sp³-hybridized carbons (Fsp3) is 1.00. The molecule has 1 nitrogen and oxygen atoms in total. The second-order valence-corrected chi connectivity index (χ2v) is 20.0. The lowest BCUT2D eigenvalue weighted by Crippen LogP contribution is -1.55. The summed E-state index contributed by atoms with van der Waals surface area (Å²) in [7, 11) is 1.00. The van der Waals surface area contributed by atoms with E-state index in [0.717, 1.165) is 7.11 Å². The standard InChI is InChI=1S/9CHCl3.CH4O/c9*2-1(3)4;1-2/h9*1H;2H,1H3. The van der Waals surface area contributed by atoms with E-state index in [1.54, 1.807) is 0 Å². The predicted molar refractivity (Wildman–Crippen MR) is 200 cm³/mol. The molecule has 0 fully saturated rings. The topological polar surface area (TPSA) is 20.2 Å². The summed E-state index contributed by atoms with van der Waals surface area (Å²) in [4.78, 5) is 0. The Bertz CT molecular complexity index is 166. The molecule has 0 saturated heterocycles. The van der Waals surface area contributed by atoms with Crippen LogP contribution in [0.3, 0.4) is 0 Å². The van der Waals surface area contributed by atoms with Crippen molar-refractivity contribution in [2.45, 2.75) is 38.7 Å².